The smallest absolute Gasteiger partial charge is 0.220 e. The van der Waals surface area contributed by atoms with Crippen LogP contribution in [0.3, 0.4) is 0 Å². The molecule has 1 rings (SSSR count). The lowest BCUT2D eigenvalue weighted by atomic mass is 9.99. The molecule has 7 unspecified atom stereocenters. The van der Waals surface area contributed by atoms with Gasteiger partial charge in [-0.1, -0.05) is 234 Å². The van der Waals surface area contributed by atoms with E-state index in [0.29, 0.717) is 6.42 Å². The van der Waals surface area contributed by atoms with Gasteiger partial charge >= 0.3 is 0 Å². The van der Waals surface area contributed by atoms with E-state index in [1.54, 1.807) is 6.08 Å². The van der Waals surface area contributed by atoms with Gasteiger partial charge in [0.15, 0.2) is 6.29 Å². The zero-order chi connectivity index (χ0) is 49.4. The third-order valence-electron chi connectivity index (χ3n) is 13.0. The highest BCUT2D eigenvalue weighted by Crippen LogP contribution is 2.23. The fourth-order valence-corrected chi connectivity index (χ4v) is 8.58. The first kappa shape index (κ1) is 63.6. The second-order valence-electron chi connectivity index (χ2n) is 19.3. The number of hydrogen-bond donors (Lipinski definition) is 6. The predicted molar refractivity (Wildman–Crippen MR) is 285 cm³/mol. The van der Waals surface area contributed by atoms with E-state index in [1.807, 2.05) is 6.08 Å². The maximum atomic E-state index is 13.0. The molecule has 0 bridgehead atoms. The minimum atomic E-state index is -1.57. The minimum Gasteiger partial charge on any atom is -0.394 e. The van der Waals surface area contributed by atoms with Crippen molar-refractivity contribution in [1.29, 1.82) is 0 Å². The number of carbonyl (C=O) groups is 1. The Hall–Kier alpha value is -2.37. The molecule has 1 amide bonds. The van der Waals surface area contributed by atoms with Gasteiger partial charge in [0.25, 0.3) is 0 Å². The van der Waals surface area contributed by atoms with Crippen LogP contribution in [0.1, 0.15) is 239 Å². The summed E-state index contributed by atoms with van der Waals surface area (Å²) in [5, 5.41) is 54.4. The zero-order valence-corrected chi connectivity index (χ0v) is 43.6. The van der Waals surface area contributed by atoms with Gasteiger partial charge in [-0.05, 0) is 70.6 Å². The maximum Gasteiger partial charge on any atom is 0.220 e. The van der Waals surface area contributed by atoms with Crippen molar-refractivity contribution in [1.82, 2.24) is 5.32 Å². The molecule has 0 aromatic carbocycles. The minimum absolute atomic E-state index is 0.188. The molecular weight excluding hydrogens is 851 g/mol. The summed E-state index contributed by atoms with van der Waals surface area (Å²) in [6, 6.07) is -0.824. The van der Waals surface area contributed by atoms with E-state index in [0.717, 1.165) is 64.2 Å². The molecule has 394 valence electrons. The van der Waals surface area contributed by atoms with Crippen molar-refractivity contribution in [3.63, 3.8) is 0 Å². The standard InChI is InChI=1S/C59H105NO8/c1-3-5-7-9-11-13-15-17-19-21-22-23-24-25-26-27-28-29-30-31-32-33-35-37-39-41-43-45-47-49-55(63)60-52(51-67-59-58(66)57(65)56(64)54(50-61)68-59)53(62)48-46-44-42-40-38-36-34-20-18-16-14-12-10-8-6-4-2/h5,7,11,13,17,19,22-23,38,40,46,48,52-54,56-59,61-62,64-66H,3-4,6,8-10,12,14-16,18,20-21,24-37,39,41-45,47,49-51H2,1-2H3,(H,60,63)/b7-5-,13-11-,19-17-,23-22-,40-38+,48-46+. The summed E-state index contributed by atoms with van der Waals surface area (Å²) in [6.45, 7) is 3.65. The third-order valence-corrected chi connectivity index (χ3v) is 13.0. The van der Waals surface area contributed by atoms with Gasteiger partial charge in [0.05, 0.1) is 25.4 Å². The Labute approximate surface area is 417 Å². The second kappa shape index (κ2) is 48.3. The predicted octanol–water partition coefficient (Wildman–Crippen LogP) is 13.7. The first-order valence-corrected chi connectivity index (χ1v) is 28.2. The van der Waals surface area contributed by atoms with Crippen molar-refractivity contribution in [2.24, 2.45) is 0 Å². The summed E-state index contributed by atoms with van der Waals surface area (Å²) in [5.74, 6) is -0.188. The summed E-state index contributed by atoms with van der Waals surface area (Å²) in [6.07, 6.45) is 59.7. The Morgan fingerprint density at radius 3 is 1.41 bits per heavy atom. The lowest BCUT2D eigenvalue weighted by Crippen LogP contribution is -2.60. The molecule has 0 saturated carbocycles. The monoisotopic (exact) mass is 956 g/mol. The van der Waals surface area contributed by atoms with E-state index in [2.05, 4.69) is 79.9 Å². The molecule has 68 heavy (non-hydrogen) atoms. The molecule has 0 aromatic heterocycles. The van der Waals surface area contributed by atoms with Crippen LogP contribution < -0.4 is 5.32 Å². The lowest BCUT2D eigenvalue weighted by molar-refractivity contribution is -0.302. The Kier molecular flexibility index (Phi) is 45.2. The number of ether oxygens (including phenoxy) is 2. The molecule has 9 heteroatoms. The topological polar surface area (TPSA) is 149 Å². The number of amides is 1. The van der Waals surface area contributed by atoms with Crippen molar-refractivity contribution in [3.8, 4) is 0 Å². The molecule has 0 spiro atoms. The SMILES string of the molecule is CC/C=C\C/C=C\C/C=C\C/C=C\CCCCCCCCCCCCCCCCCCC(=O)NC(COC1OC(CO)C(O)C(O)C1O)C(O)/C=C/CC/C=C/CCCCCCCCCCCC. The fourth-order valence-electron chi connectivity index (χ4n) is 8.58. The molecule has 0 aliphatic carbocycles. The van der Waals surface area contributed by atoms with Crippen LogP contribution in [0.4, 0.5) is 0 Å². The highest BCUT2D eigenvalue weighted by Gasteiger charge is 2.44. The lowest BCUT2D eigenvalue weighted by Gasteiger charge is -2.40. The summed E-state index contributed by atoms with van der Waals surface area (Å²) >= 11 is 0. The molecular formula is C59H105NO8. The quantitative estimate of drug-likeness (QED) is 0.0261. The average Bonchev–Trinajstić information content (AvgIpc) is 3.34. The molecule has 0 radical (unpaired) electrons. The summed E-state index contributed by atoms with van der Waals surface area (Å²) in [4.78, 5) is 13.0. The maximum absolute atomic E-state index is 13.0. The molecule has 7 atom stereocenters. The van der Waals surface area contributed by atoms with Crippen LogP contribution in [0.5, 0.6) is 0 Å². The molecule has 0 aromatic rings. The number of aliphatic hydroxyl groups excluding tert-OH is 5. The van der Waals surface area contributed by atoms with Gasteiger partial charge in [0.2, 0.25) is 5.91 Å². The van der Waals surface area contributed by atoms with E-state index in [4.69, 9.17) is 9.47 Å². The van der Waals surface area contributed by atoms with Gasteiger partial charge < -0.3 is 40.3 Å². The van der Waals surface area contributed by atoms with Crippen molar-refractivity contribution in [2.75, 3.05) is 13.2 Å². The van der Waals surface area contributed by atoms with Gasteiger partial charge in [0, 0.05) is 6.42 Å². The molecule has 1 aliphatic rings. The van der Waals surface area contributed by atoms with Crippen LogP contribution >= 0.6 is 0 Å². The number of hydrogen-bond acceptors (Lipinski definition) is 8. The molecule has 9 nitrogen and oxygen atoms in total. The Morgan fingerprint density at radius 1 is 0.515 bits per heavy atom. The fraction of sp³-hybridized carbons (Fsp3) is 0.780. The number of nitrogens with one attached hydrogen (secondary N) is 1. The highest BCUT2D eigenvalue weighted by molar-refractivity contribution is 5.76. The largest absolute Gasteiger partial charge is 0.394 e. The molecule has 6 N–H and O–H groups in total. The summed E-state index contributed by atoms with van der Waals surface area (Å²) in [7, 11) is 0. The van der Waals surface area contributed by atoms with Gasteiger partial charge in [-0.2, -0.15) is 0 Å². The number of rotatable bonds is 47. The Balaban J connectivity index is 2.20. The van der Waals surface area contributed by atoms with Crippen molar-refractivity contribution in [2.45, 2.75) is 281 Å². The van der Waals surface area contributed by atoms with Crippen LogP contribution in [-0.2, 0) is 14.3 Å². The average molecular weight is 956 g/mol. The third kappa shape index (κ3) is 37.5. The van der Waals surface area contributed by atoms with Gasteiger partial charge in [-0.15, -0.1) is 0 Å². The molecule has 1 saturated heterocycles. The molecule has 1 heterocycles. The first-order valence-electron chi connectivity index (χ1n) is 28.2. The van der Waals surface area contributed by atoms with E-state index in [1.165, 1.54) is 154 Å². The Bertz CT molecular complexity index is 1290. The van der Waals surface area contributed by atoms with Crippen LogP contribution in [-0.4, -0.2) is 87.5 Å². The van der Waals surface area contributed by atoms with Crippen LogP contribution in [0, 0.1) is 0 Å². The van der Waals surface area contributed by atoms with E-state index >= 15 is 0 Å². The van der Waals surface area contributed by atoms with Crippen LogP contribution in [0.25, 0.3) is 0 Å². The van der Waals surface area contributed by atoms with Gasteiger partial charge in [-0.3, -0.25) is 4.79 Å². The number of aliphatic hydroxyl groups is 5. The van der Waals surface area contributed by atoms with Gasteiger partial charge in [0.1, 0.15) is 24.4 Å². The Morgan fingerprint density at radius 2 is 0.926 bits per heavy atom. The van der Waals surface area contributed by atoms with Gasteiger partial charge in [-0.25, -0.2) is 0 Å². The van der Waals surface area contributed by atoms with E-state index in [9.17, 15) is 30.3 Å². The summed E-state index contributed by atoms with van der Waals surface area (Å²) < 4.78 is 11.2. The van der Waals surface area contributed by atoms with Crippen molar-refractivity contribution >= 4 is 5.91 Å². The molecule has 1 fully saturated rings. The van der Waals surface area contributed by atoms with Crippen molar-refractivity contribution in [3.05, 3.63) is 72.9 Å². The zero-order valence-electron chi connectivity index (χ0n) is 43.6. The summed E-state index contributed by atoms with van der Waals surface area (Å²) in [5.41, 5.74) is 0. The normalized spacial score (nSPS) is 20.1. The number of carbonyl (C=O) groups excluding carboxylic acids is 1. The molecule has 1 aliphatic heterocycles. The first-order chi connectivity index (χ1) is 33.3. The van der Waals surface area contributed by atoms with E-state index < -0.39 is 49.5 Å². The van der Waals surface area contributed by atoms with Crippen LogP contribution in [0.15, 0.2) is 72.9 Å². The van der Waals surface area contributed by atoms with Crippen LogP contribution in [0.2, 0.25) is 0 Å². The van der Waals surface area contributed by atoms with E-state index in [-0.39, 0.29) is 12.5 Å². The highest BCUT2D eigenvalue weighted by atomic mass is 16.7. The number of allylic oxidation sites excluding steroid dienone is 11. The van der Waals surface area contributed by atoms with Crippen molar-refractivity contribution < 1.29 is 39.8 Å². The number of unbranched alkanes of at least 4 members (excludes halogenated alkanes) is 27. The second-order valence-corrected chi connectivity index (χ2v) is 19.3.